The fourth-order valence-electron chi connectivity index (χ4n) is 2.35. The van der Waals surface area contributed by atoms with Gasteiger partial charge >= 0.3 is 18.1 Å². The first-order valence-electron chi connectivity index (χ1n) is 6.69. The second-order valence-corrected chi connectivity index (χ2v) is 5.98. The van der Waals surface area contributed by atoms with Crippen LogP contribution in [0.4, 0.5) is 13.2 Å². The van der Waals surface area contributed by atoms with Gasteiger partial charge in [0.2, 0.25) is 5.60 Å². The SMILES string of the molecule is O=C(N1CCC(Oc2ccccc2Br)(C(=O)O)CC1)C(F)(F)F. The number of carboxylic acid groups (broad SMARTS) is 1. The molecule has 126 valence electrons. The molecule has 1 amide bonds. The van der Waals surface area contributed by atoms with Gasteiger partial charge in [-0.1, -0.05) is 12.1 Å². The zero-order valence-electron chi connectivity index (χ0n) is 11.8. The zero-order chi connectivity index (χ0) is 17.3. The van der Waals surface area contributed by atoms with Gasteiger partial charge in [-0.15, -0.1) is 0 Å². The number of para-hydroxylation sites is 1. The molecule has 0 aromatic heterocycles. The van der Waals surface area contributed by atoms with E-state index in [-0.39, 0.29) is 31.7 Å². The number of alkyl halides is 3. The van der Waals surface area contributed by atoms with Gasteiger partial charge in [0.25, 0.3) is 0 Å². The molecule has 1 aromatic rings. The van der Waals surface area contributed by atoms with E-state index in [1.165, 1.54) is 0 Å². The summed E-state index contributed by atoms with van der Waals surface area (Å²) >= 11 is 3.23. The summed E-state index contributed by atoms with van der Waals surface area (Å²) in [4.78, 5) is 23.4. The summed E-state index contributed by atoms with van der Waals surface area (Å²) in [5.41, 5.74) is -1.66. The number of benzene rings is 1. The van der Waals surface area contributed by atoms with Gasteiger partial charge < -0.3 is 14.7 Å². The normalized spacial score (nSPS) is 17.7. The molecule has 0 atom stereocenters. The van der Waals surface area contributed by atoms with Crippen LogP contribution in [0.25, 0.3) is 0 Å². The van der Waals surface area contributed by atoms with Crippen LogP contribution in [0.15, 0.2) is 28.7 Å². The molecule has 5 nitrogen and oxygen atoms in total. The third kappa shape index (κ3) is 3.77. The Balaban J connectivity index is 2.15. The van der Waals surface area contributed by atoms with Crippen LogP contribution in [-0.4, -0.2) is 46.7 Å². The van der Waals surface area contributed by atoms with E-state index in [0.29, 0.717) is 9.37 Å². The van der Waals surface area contributed by atoms with E-state index < -0.39 is 23.7 Å². The van der Waals surface area contributed by atoms with Crippen LogP contribution in [0.1, 0.15) is 12.8 Å². The van der Waals surface area contributed by atoms with Crippen molar-refractivity contribution in [1.29, 1.82) is 0 Å². The topological polar surface area (TPSA) is 66.8 Å². The molecular weight excluding hydrogens is 383 g/mol. The second-order valence-electron chi connectivity index (χ2n) is 5.12. The van der Waals surface area contributed by atoms with Crippen LogP contribution in [0.5, 0.6) is 5.75 Å². The van der Waals surface area contributed by atoms with Gasteiger partial charge in [-0.2, -0.15) is 13.2 Å². The Kier molecular flexibility index (Phi) is 4.88. The molecule has 1 saturated heterocycles. The van der Waals surface area contributed by atoms with Crippen LogP contribution in [0.2, 0.25) is 0 Å². The van der Waals surface area contributed by atoms with Gasteiger partial charge in [-0.3, -0.25) is 4.79 Å². The number of rotatable bonds is 3. The number of carbonyl (C=O) groups excluding carboxylic acids is 1. The minimum atomic E-state index is -4.97. The Morgan fingerprint density at radius 1 is 1.22 bits per heavy atom. The first kappa shape index (κ1) is 17.6. The highest BCUT2D eigenvalue weighted by molar-refractivity contribution is 9.10. The number of nitrogens with zero attached hydrogens (tertiary/aromatic N) is 1. The molecule has 0 aliphatic carbocycles. The lowest BCUT2D eigenvalue weighted by molar-refractivity contribution is -0.189. The van der Waals surface area contributed by atoms with Crippen molar-refractivity contribution in [3.8, 4) is 5.75 Å². The molecule has 0 bridgehead atoms. The molecule has 0 unspecified atom stereocenters. The molecule has 0 spiro atoms. The molecule has 1 N–H and O–H groups in total. The number of likely N-dealkylation sites (tertiary alicyclic amines) is 1. The standard InChI is InChI=1S/C14H13BrF3NO4/c15-9-3-1-2-4-10(9)23-13(12(21)22)5-7-19(8-6-13)11(20)14(16,17)18/h1-4H,5-8H2,(H,21,22). The highest BCUT2D eigenvalue weighted by atomic mass is 79.9. The van der Waals surface area contributed by atoms with Gasteiger partial charge in [0.1, 0.15) is 5.75 Å². The maximum atomic E-state index is 12.4. The fourth-order valence-corrected chi connectivity index (χ4v) is 2.71. The fraction of sp³-hybridized carbons (Fsp3) is 0.429. The average molecular weight is 396 g/mol. The summed E-state index contributed by atoms with van der Waals surface area (Å²) in [6, 6.07) is 6.59. The second kappa shape index (κ2) is 6.38. The largest absolute Gasteiger partial charge is 0.478 e. The molecular formula is C14H13BrF3NO4. The first-order chi connectivity index (χ1) is 10.7. The number of carboxylic acids is 1. The molecule has 0 saturated carbocycles. The molecule has 23 heavy (non-hydrogen) atoms. The molecule has 1 aromatic carbocycles. The lowest BCUT2D eigenvalue weighted by Gasteiger charge is -2.39. The van der Waals surface area contributed by atoms with Crippen LogP contribution < -0.4 is 4.74 Å². The Bertz CT molecular complexity index is 612. The molecule has 1 aliphatic heterocycles. The summed E-state index contributed by atoms with van der Waals surface area (Å²) in [6.07, 6.45) is -5.43. The Labute approximate surface area is 138 Å². The van der Waals surface area contributed by atoms with Crippen molar-refractivity contribution in [3.63, 3.8) is 0 Å². The van der Waals surface area contributed by atoms with Crippen molar-refractivity contribution in [2.75, 3.05) is 13.1 Å². The predicted molar refractivity (Wildman–Crippen MR) is 77.0 cm³/mol. The number of ether oxygens (including phenoxy) is 1. The molecule has 1 heterocycles. The highest BCUT2D eigenvalue weighted by Crippen LogP contribution is 2.34. The quantitative estimate of drug-likeness (QED) is 0.854. The van der Waals surface area contributed by atoms with Crippen LogP contribution in [0, 0.1) is 0 Å². The lowest BCUT2D eigenvalue weighted by Crippen LogP contribution is -2.56. The van der Waals surface area contributed by atoms with E-state index in [9.17, 15) is 27.9 Å². The van der Waals surface area contributed by atoms with Crippen molar-refractivity contribution >= 4 is 27.8 Å². The van der Waals surface area contributed by atoms with E-state index in [1.54, 1.807) is 24.3 Å². The van der Waals surface area contributed by atoms with Gasteiger partial charge in [0.15, 0.2) is 0 Å². The van der Waals surface area contributed by atoms with Crippen molar-refractivity contribution in [3.05, 3.63) is 28.7 Å². The van der Waals surface area contributed by atoms with Gasteiger partial charge in [0.05, 0.1) is 4.47 Å². The molecule has 0 radical (unpaired) electrons. The van der Waals surface area contributed by atoms with Gasteiger partial charge in [0, 0.05) is 25.9 Å². The van der Waals surface area contributed by atoms with Crippen molar-refractivity contribution in [1.82, 2.24) is 4.90 Å². The van der Waals surface area contributed by atoms with Gasteiger partial charge in [-0.05, 0) is 28.1 Å². The maximum absolute atomic E-state index is 12.4. The zero-order valence-corrected chi connectivity index (χ0v) is 13.4. The molecule has 9 heteroatoms. The van der Waals surface area contributed by atoms with E-state index in [4.69, 9.17) is 4.74 Å². The number of hydrogen-bond donors (Lipinski definition) is 1. The predicted octanol–water partition coefficient (Wildman–Crippen LogP) is 2.84. The van der Waals surface area contributed by atoms with Crippen molar-refractivity contribution < 1.29 is 32.6 Å². The third-order valence-electron chi connectivity index (χ3n) is 3.63. The van der Waals surface area contributed by atoms with Crippen LogP contribution in [0.3, 0.4) is 0 Å². The number of carbonyl (C=O) groups is 2. The Morgan fingerprint density at radius 2 is 1.78 bits per heavy atom. The summed E-state index contributed by atoms with van der Waals surface area (Å²) in [7, 11) is 0. The maximum Gasteiger partial charge on any atom is 0.471 e. The van der Waals surface area contributed by atoms with Crippen molar-refractivity contribution in [2.45, 2.75) is 24.6 Å². The average Bonchev–Trinajstić information content (AvgIpc) is 2.48. The molecule has 1 aliphatic rings. The van der Waals surface area contributed by atoms with Gasteiger partial charge in [-0.25, -0.2) is 4.79 Å². The number of halogens is 4. The summed E-state index contributed by atoms with van der Waals surface area (Å²) < 4.78 is 43.4. The lowest BCUT2D eigenvalue weighted by atomic mass is 9.91. The minimum Gasteiger partial charge on any atom is -0.478 e. The number of hydrogen-bond acceptors (Lipinski definition) is 3. The molecule has 1 fully saturated rings. The van der Waals surface area contributed by atoms with E-state index in [1.807, 2.05) is 0 Å². The Morgan fingerprint density at radius 3 is 2.26 bits per heavy atom. The number of amides is 1. The van der Waals surface area contributed by atoms with Crippen LogP contribution in [-0.2, 0) is 9.59 Å². The number of piperidine rings is 1. The smallest absolute Gasteiger partial charge is 0.471 e. The van der Waals surface area contributed by atoms with E-state index in [2.05, 4.69) is 15.9 Å². The number of aliphatic carboxylic acids is 1. The Hall–Kier alpha value is -1.77. The highest BCUT2D eigenvalue weighted by Gasteiger charge is 2.49. The van der Waals surface area contributed by atoms with Crippen molar-refractivity contribution in [2.24, 2.45) is 0 Å². The summed E-state index contributed by atoms with van der Waals surface area (Å²) in [5.74, 6) is -2.95. The third-order valence-corrected chi connectivity index (χ3v) is 4.29. The minimum absolute atomic E-state index is 0.231. The molecule has 2 rings (SSSR count). The van der Waals surface area contributed by atoms with Crippen LogP contribution >= 0.6 is 15.9 Å². The van der Waals surface area contributed by atoms with E-state index in [0.717, 1.165) is 0 Å². The van der Waals surface area contributed by atoms with E-state index >= 15 is 0 Å². The summed E-state index contributed by atoms with van der Waals surface area (Å²) in [5, 5.41) is 9.46. The monoisotopic (exact) mass is 395 g/mol. The summed E-state index contributed by atoms with van der Waals surface area (Å²) in [6.45, 7) is -0.676. The first-order valence-corrected chi connectivity index (χ1v) is 7.48.